The minimum absolute atomic E-state index is 0.0763. The number of amides is 1. The number of nitrogens with one attached hydrogen (secondary N) is 1. The van der Waals surface area contributed by atoms with Gasteiger partial charge in [-0.15, -0.1) is 0 Å². The number of aromatic nitrogens is 3. The highest BCUT2D eigenvalue weighted by atomic mass is 32.2. The average Bonchev–Trinajstić information content (AvgIpc) is 3.02. The van der Waals surface area contributed by atoms with Crippen LogP contribution in [-0.4, -0.2) is 75.0 Å². The van der Waals surface area contributed by atoms with Crippen LogP contribution in [0.1, 0.15) is 59.9 Å². The van der Waals surface area contributed by atoms with Crippen LogP contribution in [0.5, 0.6) is 5.88 Å². The van der Waals surface area contributed by atoms with Gasteiger partial charge < -0.3 is 19.4 Å². The molecule has 2 aromatic carbocycles. The number of carbonyl (C=O) groups excluding carboxylic acids is 1. The number of benzene rings is 2. The zero-order valence-electron chi connectivity index (χ0n) is 30.1. The number of hydrogen-bond donors (Lipinski definition) is 1. The molecule has 0 spiro atoms. The largest absolute Gasteiger partial charge is 0.475 e. The van der Waals surface area contributed by atoms with Gasteiger partial charge in [-0.1, -0.05) is 45.0 Å². The summed E-state index contributed by atoms with van der Waals surface area (Å²) >= 11 is 0. The van der Waals surface area contributed by atoms with Crippen LogP contribution in [0.2, 0.25) is 0 Å². The maximum absolute atomic E-state index is 14.6. The number of sulfonamides is 1. The highest BCUT2D eigenvalue weighted by Crippen LogP contribution is 2.35. The third kappa shape index (κ3) is 7.80. The minimum Gasteiger partial charge on any atom is -0.475 e. The van der Waals surface area contributed by atoms with Crippen LogP contribution in [0.4, 0.5) is 17.3 Å². The van der Waals surface area contributed by atoms with Crippen LogP contribution in [0.25, 0.3) is 11.3 Å². The van der Waals surface area contributed by atoms with Crippen molar-refractivity contribution in [1.29, 1.82) is 0 Å². The molecule has 0 aliphatic carbocycles. The lowest BCUT2D eigenvalue weighted by molar-refractivity contribution is 0.0509. The summed E-state index contributed by atoms with van der Waals surface area (Å²) < 4.78 is 36.7. The summed E-state index contributed by atoms with van der Waals surface area (Å²) in [5.74, 6) is -0.201. The molecule has 1 N–H and O–H groups in total. The second-order valence-electron chi connectivity index (χ2n) is 14.3. The molecule has 12 heteroatoms. The van der Waals surface area contributed by atoms with E-state index in [0.29, 0.717) is 23.4 Å². The molecule has 2 aromatic heterocycles. The fourth-order valence-corrected chi connectivity index (χ4v) is 7.14. The molecule has 1 aliphatic rings. The van der Waals surface area contributed by atoms with E-state index >= 15 is 0 Å². The first-order valence-electron chi connectivity index (χ1n) is 16.3. The van der Waals surface area contributed by atoms with Crippen molar-refractivity contribution in [3.63, 3.8) is 0 Å². The topological polar surface area (TPSA) is 121 Å². The second-order valence-corrected chi connectivity index (χ2v) is 16.0. The van der Waals surface area contributed by atoms with Gasteiger partial charge in [-0.05, 0) is 68.0 Å². The molecule has 0 radical (unpaired) electrons. The Bertz CT molecular complexity index is 1970. The Labute approximate surface area is 290 Å². The summed E-state index contributed by atoms with van der Waals surface area (Å²) in [6, 6.07) is 13.6. The number of carbonyl (C=O) groups is 1. The van der Waals surface area contributed by atoms with Gasteiger partial charge in [0.25, 0.3) is 15.9 Å². The van der Waals surface area contributed by atoms with Crippen molar-refractivity contribution < 1.29 is 17.9 Å². The Morgan fingerprint density at radius 1 is 0.959 bits per heavy atom. The predicted octanol–water partition coefficient (Wildman–Crippen LogP) is 6.24. The van der Waals surface area contributed by atoms with Gasteiger partial charge in [0.15, 0.2) is 0 Å². The standard InChI is InChI=1S/C37H47N7O4S/c1-23-13-11-14-24(2)32(23)33-25(3)34-40-36(39-33)41-49(46,47)29-16-12-15-26(17-29)35(45)44(28(22-48-34)19-37(4,5)6)21-30-31(43(9)10)18-27(20-38-30)42(7)8/h11-18,20,28H,19,21-22H2,1-10H3,(H,39,40,41)/t28-/m1/s1. The molecule has 4 aromatic rings. The van der Waals surface area contributed by atoms with Crippen LogP contribution < -0.4 is 19.3 Å². The lowest BCUT2D eigenvalue weighted by atomic mass is 9.87. The number of fused-ring (bicyclic) bond motifs is 4. The minimum atomic E-state index is -4.19. The van der Waals surface area contributed by atoms with Gasteiger partial charge in [-0.3, -0.25) is 9.78 Å². The Morgan fingerprint density at radius 3 is 2.27 bits per heavy atom. The molecule has 4 bridgehead atoms. The molecular formula is C37H47N7O4S. The van der Waals surface area contributed by atoms with Gasteiger partial charge in [-0.2, -0.15) is 4.98 Å². The van der Waals surface area contributed by atoms with E-state index < -0.39 is 16.1 Å². The van der Waals surface area contributed by atoms with Gasteiger partial charge in [0.2, 0.25) is 11.8 Å². The molecule has 1 amide bonds. The van der Waals surface area contributed by atoms with E-state index in [1.165, 1.54) is 12.1 Å². The zero-order chi connectivity index (χ0) is 35.8. The van der Waals surface area contributed by atoms with Crippen LogP contribution in [0.15, 0.2) is 59.6 Å². The molecule has 3 heterocycles. The number of hydrogen-bond acceptors (Lipinski definition) is 9. The third-order valence-electron chi connectivity index (χ3n) is 8.65. The Morgan fingerprint density at radius 2 is 1.63 bits per heavy atom. The molecule has 11 nitrogen and oxygen atoms in total. The third-order valence-corrected chi connectivity index (χ3v) is 9.98. The molecule has 260 valence electrons. The predicted molar refractivity (Wildman–Crippen MR) is 195 cm³/mol. The quantitative estimate of drug-likeness (QED) is 0.252. The van der Waals surface area contributed by atoms with Crippen LogP contribution >= 0.6 is 0 Å². The van der Waals surface area contributed by atoms with Gasteiger partial charge in [0, 0.05) is 44.9 Å². The SMILES string of the molecule is Cc1cccc(C)c1-c1nc2nc(c1C)OC[C@@H](CC(C)(C)C)N(Cc1ncc(N(C)C)cc1N(C)C)C(=O)c1cccc(c1)S(=O)(=O)N2. The Hall–Kier alpha value is -4.71. The van der Waals surface area contributed by atoms with E-state index in [4.69, 9.17) is 14.7 Å². The number of anilines is 3. The normalized spacial score (nSPS) is 16.1. The number of pyridine rings is 1. The van der Waals surface area contributed by atoms with Crippen molar-refractivity contribution in [3.05, 3.63) is 82.7 Å². The first-order chi connectivity index (χ1) is 22.9. The van der Waals surface area contributed by atoms with E-state index in [9.17, 15) is 13.2 Å². The summed E-state index contributed by atoms with van der Waals surface area (Å²) in [6.45, 7) is 12.5. The first-order valence-corrected chi connectivity index (χ1v) is 17.8. The molecule has 0 fully saturated rings. The van der Waals surface area contributed by atoms with E-state index in [-0.39, 0.29) is 46.8 Å². The molecular weight excluding hydrogens is 639 g/mol. The highest BCUT2D eigenvalue weighted by Gasteiger charge is 2.33. The fraction of sp³-hybridized carbons (Fsp3) is 0.405. The Kier molecular flexibility index (Phi) is 9.92. The van der Waals surface area contributed by atoms with Crippen molar-refractivity contribution in [2.24, 2.45) is 5.41 Å². The summed E-state index contributed by atoms with van der Waals surface area (Å²) in [5, 5.41) is 0. The molecule has 0 unspecified atom stereocenters. The second kappa shape index (κ2) is 13.7. The van der Waals surface area contributed by atoms with Crippen molar-refractivity contribution in [1.82, 2.24) is 19.9 Å². The number of aryl methyl sites for hydroxylation is 2. The molecule has 0 saturated carbocycles. The van der Waals surface area contributed by atoms with Crippen molar-refractivity contribution >= 4 is 33.3 Å². The van der Waals surface area contributed by atoms with E-state index in [2.05, 4.69) is 30.5 Å². The van der Waals surface area contributed by atoms with Crippen molar-refractivity contribution in [2.75, 3.05) is 49.3 Å². The van der Waals surface area contributed by atoms with Gasteiger partial charge in [-0.25, -0.2) is 18.1 Å². The zero-order valence-corrected chi connectivity index (χ0v) is 30.9. The molecule has 49 heavy (non-hydrogen) atoms. The Balaban J connectivity index is 1.72. The van der Waals surface area contributed by atoms with Crippen LogP contribution in [0.3, 0.4) is 0 Å². The lowest BCUT2D eigenvalue weighted by Gasteiger charge is -2.36. The van der Waals surface area contributed by atoms with Crippen LogP contribution in [-0.2, 0) is 16.6 Å². The van der Waals surface area contributed by atoms with Gasteiger partial charge in [0.05, 0.1) is 46.4 Å². The number of rotatable bonds is 6. The maximum Gasteiger partial charge on any atom is 0.264 e. The molecule has 5 rings (SSSR count). The molecule has 0 saturated heterocycles. The van der Waals surface area contributed by atoms with E-state index in [0.717, 1.165) is 28.1 Å². The van der Waals surface area contributed by atoms with Gasteiger partial charge >= 0.3 is 0 Å². The lowest BCUT2D eigenvalue weighted by Crippen LogP contribution is -2.45. The molecule has 1 atom stereocenters. The van der Waals surface area contributed by atoms with Crippen LogP contribution in [0, 0.1) is 26.2 Å². The van der Waals surface area contributed by atoms with Gasteiger partial charge in [0.1, 0.15) is 6.61 Å². The average molecular weight is 686 g/mol. The summed E-state index contributed by atoms with van der Waals surface area (Å²) in [5.41, 5.74) is 6.62. The highest BCUT2D eigenvalue weighted by molar-refractivity contribution is 7.92. The number of ether oxygens (including phenoxy) is 1. The maximum atomic E-state index is 14.6. The van der Waals surface area contributed by atoms with Crippen molar-refractivity contribution in [2.45, 2.75) is 65.4 Å². The number of nitrogens with zero attached hydrogens (tertiary/aromatic N) is 6. The summed E-state index contributed by atoms with van der Waals surface area (Å²) in [7, 11) is 3.62. The summed E-state index contributed by atoms with van der Waals surface area (Å²) in [6.07, 6.45) is 2.38. The van der Waals surface area contributed by atoms with Crippen molar-refractivity contribution in [3.8, 4) is 17.1 Å². The van der Waals surface area contributed by atoms with E-state index in [1.54, 1.807) is 23.2 Å². The monoisotopic (exact) mass is 685 g/mol. The first kappa shape index (κ1) is 35.6. The molecule has 1 aliphatic heterocycles. The fourth-order valence-electron chi connectivity index (χ4n) is 6.15. The summed E-state index contributed by atoms with van der Waals surface area (Å²) in [4.78, 5) is 34.4. The van der Waals surface area contributed by atoms with E-state index in [1.807, 2.05) is 83.0 Å². The smallest absolute Gasteiger partial charge is 0.264 e.